The zero-order valence-corrected chi connectivity index (χ0v) is 31.8. The van der Waals surface area contributed by atoms with Gasteiger partial charge in [-0.15, -0.1) is 22.7 Å². The van der Waals surface area contributed by atoms with E-state index in [-0.39, 0.29) is 35.1 Å². The summed E-state index contributed by atoms with van der Waals surface area (Å²) in [4.78, 5) is 68.8. The molecule has 7 rings (SSSR count). The van der Waals surface area contributed by atoms with Crippen LogP contribution in [0, 0.1) is 0 Å². The molecule has 0 unspecified atom stereocenters. The molecule has 4 heterocycles. The second-order valence-corrected chi connectivity index (χ2v) is 16.5. The summed E-state index contributed by atoms with van der Waals surface area (Å²) in [5.41, 5.74) is 0.0615. The Kier molecular flexibility index (Phi) is 10.1. The molecule has 258 valence electrons. The number of fused-ring (bicyclic) bond motifs is 3. The van der Waals surface area contributed by atoms with Gasteiger partial charge in [0.1, 0.15) is 31.9 Å². The highest BCUT2D eigenvalue weighted by Gasteiger charge is 2.60. The molecule has 0 N–H and O–H groups in total. The van der Waals surface area contributed by atoms with Crippen LogP contribution in [0.4, 0.5) is 10.0 Å². The lowest BCUT2D eigenvalue weighted by atomic mass is 9.79. The molecule has 0 atom stereocenters. The lowest BCUT2D eigenvalue weighted by Crippen LogP contribution is -2.45. The molecule has 2 amide bonds. The lowest BCUT2D eigenvalue weighted by Gasteiger charge is -2.26. The minimum Gasteiger partial charge on any atom is -0.459 e. The molecule has 3 aliphatic rings. The first-order valence-electron chi connectivity index (χ1n) is 15.6. The van der Waals surface area contributed by atoms with Crippen LogP contribution in [0.15, 0.2) is 82.8 Å². The van der Waals surface area contributed by atoms with Gasteiger partial charge in [0.15, 0.2) is 10.1 Å². The molecule has 10 nitrogen and oxygen atoms in total. The van der Waals surface area contributed by atoms with Gasteiger partial charge < -0.3 is 9.47 Å². The summed E-state index contributed by atoms with van der Waals surface area (Å²) in [7, 11) is 0. The molecule has 2 aromatic carbocycles. The van der Waals surface area contributed by atoms with Gasteiger partial charge in [0, 0.05) is 24.2 Å². The molecule has 0 saturated carbocycles. The summed E-state index contributed by atoms with van der Waals surface area (Å²) in [6.07, 6.45) is 0. The number of aliphatic imine (C=N–C) groups is 2. The largest absolute Gasteiger partial charge is 0.459 e. The Balaban J connectivity index is 1.37. The van der Waals surface area contributed by atoms with Gasteiger partial charge in [-0.1, -0.05) is 85.1 Å². The molecular weight excluding hydrogens is 765 g/mol. The second kappa shape index (κ2) is 14.5. The molecule has 2 aliphatic heterocycles. The third kappa shape index (κ3) is 6.38. The lowest BCUT2D eigenvalue weighted by molar-refractivity contribution is -0.164. The number of nitrogens with zero attached hydrogens (tertiary/aromatic N) is 4. The van der Waals surface area contributed by atoms with Gasteiger partial charge in [0.05, 0.1) is 9.75 Å². The summed E-state index contributed by atoms with van der Waals surface area (Å²) in [5.74, 6) is -2.31. The van der Waals surface area contributed by atoms with E-state index in [1.54, 1.807) is 12.1 Å². The zero-order valence-electron chi connectivity index (χ0n) is 26.9. The predicted molar refractivity (Wildman–Crippen MR) is 210 cm³/mol. The molecule has 16 heteroatoms. The minimum atomic E-state index is -2.06. The maximum Gasteiger partial charge on any atom is 0.333 e. The van der Waals surface area contributed by atoms with Gasteiger partial charge in [-0.25, -0.2) is 9.98 Å². The average Bonchev–Trinajstić information content (AvgIpc) is 3.91. The molecule has 0 spiro atoms. The smallest absolute Gasteiger partial charge is 0.333 e. The number of ether oxygens (including phenoxy) is 2. The molecule has 0 bridgehead atoms. The van der Waals surface area contributed by atoms with Gasteiger partial charge in [0.25, 0.3) is 11.8 Å². The Hall–Kier alpha value is -4.06. The molecule has 1 aliphatic carbocycles. The molecule has 4 aromatic rings. The fraction of sp³-hybridized carbons (Fsp3) is 0.200. The van der Waals surface area contributed by atoms with Crippen molar-refractivity contribution in [3.63, 3.8) is 0 Å². The van der Waals surface area contributed by atoms with E-state index in [2.05, 4.69) is 9.98 Å². The molecule has 2 aromatic heterocycles. The molecule has 0 radical (unpaired) electrons. The number of benzene rings is 2. The van der Waals surface area contributed by atoms with E-state index < -0.39 is 17.4 Å². The van der Waals surface area contributed by atoms with Crippen molar-refractivity contribution < 1.29 is 28.7 Å². The van der Waals surface area contributed by atoms with Crippen molar-refractivity contribution in [1.29, 1.82) is 0 Å². The number of amides is 2. The van der Waals surface area contributed by atoms with Crippen molar-refractivity contribution in [2.75, 3.05) is 13.1 Å². The minimum absolute atomic E-state index is 0.0957. The molecular formula is C35H26N4O6S6. The zero-order chi connectivity index (χ0) is 35.9. The first-order chi connectivity index (χ1) is 24.6. The van der Waals surface area contributed by atoms with Gasteiger partial charge >= 0.3 is 11.9 Å². The number of hydrogen-bond donors (Lipinski definition) is 0. The molecule has 2 saturated heterocycles. The van der Waals surface area contributed by atoms with E-state index >= 15 is 0 Å². The predicted octanol–water partition coefficient (Wildman–Crippen LogP) is 7.38. The van der Waals surface area contributed by atoms with Crippen molar-refractivity contribution in [2.24, 2.45) is 9.98 Å². The van der Waals surface area contributed by atoms with E-state index in [0.29, 0.717) is 52.6 Å². The fourth-order valence-electron chi connectivity index (χ4n) is 5.74. The Morgan fingerprint density at radius 1 is 0.686 bits per heavy atom. The van der Waals surface area contributed by atoms with Crippen molar-refractivity contribution in [2.45, 2.75) is 32.5 Å². The van der Waals surface area contributed by atoms with Gasteiger partial charge in [-0.2, -0.15) is 0 Å². The normalized spacial score (nSPS) is 17.8. The molecule has 2 fully saturated rings. The number of rotatable bonds is 10. The Morgan fingerprint density at radius 3 is 1.43 bits per heavy atom. The van der Waals surface area contributed by atoms with Crippen LogP contribution in [0.2, 0.25) is 0 Å². The van der Waals surface area contributed by atoms with Crippen LogP contribution in [0.3, 0.4) is 0 Å². The van der Waals surface area contributed by atoms with Crippen molar-refractivity contribution in [3.8, 4) is 9.75 Å². The van der Waals surface area contributed by atoms with Gasteiger partial charge in [0.2, 0.25) is 5.41 Å². The van der Waals surface area contributed by atoms with E-state index in [4.69, 9.17) is 33.9 Å². The first kappa shape index (κ1) is 35.3. The van der Waals surface area contributed by atoms with Crippen LogP contribution in [0.1, 0.15) is 36.1 Å². The van der Waals surface area contributed by atoms with Crippen LogP contribution < -0.4 is 0 Å². The van der Waals surface area contributed by atoms with E-state index in [9.17, 15) is 19.2 Å². The fourth-order valence-corrected chi connectivity index (χ4v) is 10.8. The third-order valence-electron chi connectivity index (χ3n) is 8.21. The van der Waals surface area contributed by atoms with Crippen molar-refractivity contribution in [1.82, 2.24) is 9.80 Å². The Morgan fingerprint density at radius 2 is 1.08 bits per heavy atom. The third-order valence-corrected chi connectivity index (χ3v) is 13.1. The van der Waals surface area contributed by atoms with E-state index in [0.717, 1.165) is 34.7 Å². The van der Waals surface area contributed by atoms with Crippen LogP contribution in [-0.4, -0.2) is 65.4 Å². The standard InChI is InChI=1S/C35H26N4O6S6/c1-3-38-29(40)27(50-33(38)46)36-23-15-21-25(48-23)26-22(16-24(49-26)37-28-30(41)39(4-2)34(47)51-28)35(21,31(42)44-17-19-11-7-5-8-12-19)32(43)45-18-20-13-9-6-10-14-20/h5-16H,3-4,17-18H2,1-2H3. The van der Waals surface area contributed by atoms with Crippen LogP contribution in [0.25, 0.3) is 9.75 Å². The quantitative estimate of drug-likeness (QED) is 0.0915. The van der Waals surface area contributed by atoms with Crippen LogP contribution in [-0.2, 0) is 47.3 Å². The monoisotopic (exact) mass is 790 g/mol. The topological polar surface area (TPSA) is 118 Å². The van der Waals surface area contributed by atoms with Crippen LogP contribution >= 0.6 is 70.6 Å². The highest BCUT2D eigenvalue weighted by atomic mass is 32.2. The maximum atomic E-state index is 14.6. The Bertz CT molecular complexity index is 2020. The highest BCUT2D eigenvalue weighted by Crippen LogP contribution is 2.60. The number of esters is 2. The Labute approximate surface area is 319 Å². The van der Waals surface area contributed by atoms with E-state index in [1.807, 2.05) is 74.5 Å². The summed E-state index contributed by atoms with van der Waals surface area (Å²) in [6, 6.07) is 21.6. The second-order valence-electron chi connectivity index (χ2n) is 11.2. The number of thiophene rings is 2. The maximum absolute atomic E-state index is 14.6. The summed E-state index contributed by atoms with van der Waals surface area (Å²) < 4.78 is 12.7. The number of hydrogen-bond acceptors (Lipinski definition) is 14. The van der Waals surface area contributed by atoms with Gasteiger partial charge in [-0.05, 0) is 60.6 Å². The number of carbonyl (C=O) groups is 4. The summed E-state index contributed by atoms with van der Waals surface area (Å²) in [5, 5.41) is 1.17. The van der Waals surface area contributed by atoms with Crippen molar-refractivity contribution >= 4 is 123 Å². The first-order valence-corrected chi connectivity index (χ1v) is 19.7. The number of thioether (sulfide) groups is 2. The average molecular weight is 791 g/mol. The summed E-state index contributed by atoms with van der Waals surface area (Å²) in [6.45, 7) is 4.27. The highest BCUT2D eigenvalue weighted by molar-refractivity contribution is 8.35. The SMILES string of the molecule is CCN1C(=O)C(=Nc2cc3c(s2)-c2sc(N=C4SC(=S)N(CC)C4=O)cc2C3(C(=O)OCc2ccccc2)C(=O)OCc2ccccc2)SC1=S. The number of carbonyl (C=O) groups excluding carboxylic acids is 4. The number of thiocarbonyl (C=S) groups is 2. The van der Waals surface area contributed by atoms with E-state index in [1.165, 1.54) is 32.5 Å². The summed E-state index contributed by atoms with van der Waals surface area (Å²) >= 11 is 15.4. The van der Waals surface area contributed by atoms with Gasteiger partial charge in [-0.3, -0.25) is 29.0 Å². The molecule has 51 heavy (non-hydrogen) atoms. The van der Waals surface area contributed by atoms with Crippen LogP contribution in [0.5, 0.6) is 0 Å². The van der Waals surface area contributed by atoms with Crippen molar-refractivity contribution in [3.05, 3.63) is 95.1 Å².